The summed E-state index contributed by atoms with van der Waals surface area (Å²) in [7, 11) is -3.02. The second-order valence-corrected chi connectivity index (χ2v) is 7.73. The number of sulfonamides is 1. The summed E-state index contributed by atoms with van der Waals surface area (Å²) in [6, 6.07) is 0. The zero-order chi connectivity index (χ0) is 13.6. The van der Waals surface area contributed by atoms with Gasteiger partial charge in [-0.05, 0) is 44.2 Å². The highest BCUT2D eigenvalue weighted by Crippen LogP contribution is 2.20. The molecule has 0 atom stereocenters. The summed E-state index contributed by atoms with van der Waals surface area (Å²) < 4.78 is 25.8. The van der Waals surface area contributed by atoms with E-state index < -0.39 is 10.0 Å². The number of nitrogens with one attached hydrogen (secondary N) is 1. The molecule has 108 valence electrons. The smallest absolute Gasteiger partial charge is 0.214 e. The highest BCUT2D eigenvalue weighted by molar-refractivity contribution is 7.89. The van der Waals surface area contributed by atoms with Crippen LogP contribution in [0, 0.1) is 11.8 Å². The molecular weight excluding hydrogens is 248 g/mol. The summed E-state index contributed by atoms with van der Waals surface area (Å²) in [6.07, 6.45) is 3.14. The van der Waals surface area contributed by atoms with Gasteiger partial charge in [0.25, 0.3) is 0 Å². The van der Waals surface area contributed by atoms with Crippen molar-refractivity contribution in [1.29, 1.82) is 0 Å². The van der Waals surface area contributed by atoms with Crippen molar-refractivity contribution in [2.24, 2.45) is 11.8 Å². The number of piperidine rings is 1. The van der Waals surface area contributed by atoms with Gasteiger partial charge >= 0.3 is 0 Å². The maximum Gasteiger partial charge on any atom is 0.214 e. The van der Waals surface area contributed by atoms with E-state index in [0.717, 1.165) is 32.4 Å². The summed E-state index contributed by atoms with van der Waals surface area (Å²) in [4.78, 5) is 0. The van der Waals surface area contributed by atoms with Gasteiger partial charge in [-0.3, -0.25) is 0 Å². The minimum atomic E-state index is -3.02. The molecule has 0 amide bonds. The second kappa shape index (κ2) is 7.46. The van der Waals surface area contributed by atoms with Gasteiger partial charge in [-0.15, -0.1) is 0 Å². The van der Waals surface area contributed by atoms with Crippen molar-refractivity contribution < 1.29 is 8.42 Å². The molecule has 1 saturated heterocycles. The summed E-state index contributed by atoms with van der Waals surface area (Å²) >= 11 is 0. The molecule has 1 fully saturated rings. The van der Waals surface area contributed by atoms with Crippen molar-refractivity contribution in [3.8, 4) is 0 Å². The van der Waals surface area contributed by atoms with E-state index in [2.05, 4.69) is 12.2 Å². The van der Waals surface area contributed by atoms with Crippen LogP contribution in [0.5, 0.6) is 0 Å². The van der Waals surface area contributed by atoms with E-state index in [-0.39, 0.29) is 11.7 Å². The molecule has 0 aromatic heterocycles. The molecule has 0 aliphatic carbocycles. The Morgan fingerprint density at radius 2 is 1.89 bits per heavy atom. The zero-order valence-corrected chi connectivity index (χ0v) is 12.8. The molecule has 5 heteroatoms. The Labute approximate surface area is 112 Å². The summed E-state index contributed by atoms with van der Waals surface area (Å²) in [6.45, 7) is 9.57. The predicted molar refractivity (Wildman–Crippen MR) is 76.1 cm³/mol. The van der Waals surface area contributed by atoms with E-state index >= 15 is 0 Å². The second-order valence-electron chi connectivity index (χ2n) is 5.72. The van der Waals surface area contributed by atoms with Gasteiger partial charge < -0.3 is 5.32 Å². The Bertz CT molecular complexity index is 320. The van der Waals surface area contributed by atoms with Crippen LogP contribution in [0.2, 0.25) is 0 Å². The van der Waals surface area contributed by atoms with Gasteiger partial charge in [0, 0.05) is 13.1 Å². The minimum absolute atomic E-state index is 0.207. The molecule has 1 heterocycles. The molecule has 1 aliphatic rings. The van der Waals surface area contributed by atoms with Crippen LogP contribution in [-0.4, -0.2) is 44.7 Å². The number of hydrogen-bond acceptors (Lipinski definition) is 3. The van der Waals surface area contributed by atoms with E-state index in [1.807, 2.05) is 13.8 Å². The number of nitrogens with zero attached hydrogens (tertiary/aromatic N) is 1. The van der Waals surface area contributed by atoms with Crippen LogP contribution in [0.1, 0.15) is 40.0 Å². The molecule has 1 aliphatic heterocycles. The normalized spacial score (nSPS) is 19.6. The lowest BCUT2D eigenvalue weighted by Crippen LogP contribution is -2.42. The standard InChI is InChI=1S/C13H28N2O2S/c1-4-7-14-10-13-5-8-15(9-6-13)18(16,17)11-12(2)3/h12-14H,4-11H2,1-3H3. The van der Waals surface area contributed by atoms with Crippen molar-refractivity contribution >= 4 is 10.0 Å². The van der Waals surface area contributed by atoms with Gasteiger partial charge in [-0.1, -0.05) is 20.8 Å². The predicted octanol–water partition coefficient (Wildman–Crippen LogP) is 1.68. The van der Waals surface area contributed by atoms with Crippen molar-refractivity contribution in [1.82, 2.24) is 9.62 Å². The summed E-state index contributed by atoms with van der Waals surface area (Å²) in [5, 5.41) is 3.42. The minimum Gasteiger partial charge on any atom is -0.316 e. The third-order valence-electron chi connectivity index (χ3n) is 3.37. The monoisotopic (exact) mass is 276 g/mol. The fourth-order valence-electron chi connectivity index (χ4n) is 2.40. The van der Waals surface area contributed by atoms with Crippen LogP contribution in [-0.2, 0) is 10.0 Å². The average Bonchev–Trinajstić information content (AvgIpc) is 2.28. The lowest BCUT2D eigenvalue weighted by molar-refractivity contribution is 0.267. The molecule has 0 radical (unpaired) electrons. The lowest BCUT2D eigenvalue weighted by atomic mass is 9.98. The molecule has 4 nitrogen and oxygen atoms in total. The third-order valence-corrected chi connectivity index (χ3v) is 5.61. The maximum atomic E-state index is 12.1. The SMILES string of the molecule is CCCNCC1CCN(S(=O)(=O)CC(C)C)CC1. The first-order valence-corrected chi connectivity index (χ1v) is 8.75. The van der Waals surface area contributed by atoms with Gasteiger partial charge in [-0.2, -0.15) is 0 Å². The van der Waals surface area contributed by atoms with Crippen LogP contribution >= 0.6 is 0 Å². The Balaban J connectivity index is 2.34. The van der Waals surface area contributed by atoms with Crippen LogP contribution < -0.4 is 5.32 Å². The van der Waals surface area contributed by atoms with Crippen LogP contribution in [0.4, 0.5) is 0 Å². The largest absolute Gasteiger partial charge is 0.316 e. The van der Waals surface area contributed by atoms with Crippen molar-refractivity contribution in [2.45, 2.75) is 40.0 Å². The van der Waals surface area contributed by atoms with Crippen LogP contribution in [0.3, 0.4) is 0 Å². The fourth-order valence-corrected chi connectivity index (χ4v) is 4.22. The van der Waals surface area contributed by atoms with E-state index in [0.29, 0.717) is 19.0 Å². The highest BCUT2D eigenvalue weighted by atomic mass is 32.2. The van der Waals surface area contributed by atoms with E-state index in [1.165, 1.54) is 0 Å². The first-order chi connectivity index (χ1) is 8.45. The molecule has 0 bridgehead atoms. The molecule has 0 unspecified atom stereocenters. The first kappa shape index (κ1) is 15.9. The van der Waals surface area contributed by atoms with Gasteiger partial charge in [0.2, 0.25) is 10.0 Å². The Morgan fingerprint density at radius 3 is 2.39 bits per heavy atom. The zero-order valence-electron chi connectivity index (χ0n) is 12.0. The number of hydrogen-bond donors (Lipinski definition) is 1. The molecule has 0 aromatic carbocycles. The van der Waals surface area contributed by atoms with Gasteiger partial charge in [0.15, 0.2) is 0 Å². The Hall–Kier alpha value is -0.130. The highest BCUT2D eigenvalue weighted by Gasteiger charge is 2.28. The summed E-state index contributed by atoms with van der Waals surface area (Å²) in [5.41, 5.74) is 0. The topological polar surface area (TPSA) is 49.4 Å². The Kier molecular flexibility index (Phi) is 6.60. The van der Waals surface area contributed by atoms with Crippen molar-refractivity contribution in [2.75, 3.05) is 31.9 Å². The summed E-state index contributed by atoms with van der Waals surface area (Å²) in [5.74, 6) is 1.13. The quantitative estimate of drug-likeness (QED) is 0.720. The van der Waals surface area contributed by atoms with Gasteiger partial charge in [0.05, 0.1) is 5.75 Å². The molecule has 1 N–H and O–H groups in total. The molecule has 0 saturated carbocycles. The van der Waals surface area contributed by atoms with Crippen LogP contribution in [0.15, 0.2) is 0 Å². The molecule has 0 aromatic rings. The molecule has 18 heavy (non-hydrogen) atoms. The van der Waals surface area contributed by atoms with Gasteiger partial charge in [0.1, 0.15) is 0 Å². The maximum absolute atomic E-state index is 12.1. The lowest BCUT2D eigenvalue weighted by Gasteiger charge is -2.31. The third kappa shape index (κ3) is 5.24. The van der Waals surface area contributed by atoms with Crippen LogP contribution in [0.25, 0.3) is 0 Å². The van der Waals surface area contributed by atoms with E-state index in [4.69, 9.17) is 0 Å². The van der Waals surface area contributed by atoms with Crippen molar-refractivity contribution in [3.05, 3.63) is 0 Å². The molecule has 1 rings (SSSR count). The number of rotatable bonds is 7. The van der Waals surface area contributed by atoms with Gasteiger partial charge in [-0.25, -0.2) is 12.7 Å². The average molecular weight is 276 g/mol. The first-order valence-electron chi connectivity index (χ1n) is 7.14. The fraction of sp³-hybridized carbons (Fsp3) is 1.00. The molecular formula is C13H28N2O2S. The van der Waals surface area contributed by atoms with Crippen molar-refractivity contribution in [3.63, 3.8) is 0 Å². The van der Waals surface area contributed by atoms with E-state index in [9.17, 15) is 8.42 Å². The Morgan fingerprint density at radius 1 is 1.28 bits per heavy atom. The molecule has 0 spiro atoms. The van der Waals surface area contributed by atoms with E-state index in [1.54, 1.807) is 4.31 Å².